The number of benzene rings is 1. The third-order valence-electron chi connectivity index (χ3n) is 4.57. The van der Waals surface area contributed by atoms with Gasteiger partial charge in [-0.15, -0.1) is 0 Å². The van der Waals surface area contributed by atoms with Gasteiger partial charge in [0.25, 0.3) is 0 Å². The van der Waals surface area contributed by atoms with Crippen molar-refractivity contribution in [3.63, 3.8) is 0 Å². The molecule has 2 aromatic rings. The van der Waals surface area contributed by atoms with E-state index in [1.165, 1.54) is 11.1 Å². The van der Waals surface area contributed by atoms with Crippen molar-refractivity contribution in [2.24, 2.45) is 5.73 Å². The summed E-state index contributed by atoms with van der Waals surface area (Å²) < 4.78 is 0. The number of aryl methyl sites for hydroxylation is 1. The fourth-order valence-corrected chi connectivity index (χ4v) is 3.31. The Morgan fingerprint density at radius 3 is 2.73 bits per heavy atom. The van der Waals surface area contributed by atoms with Gasteiger partial charge >= 0.3 is 0 Å². The van der Waals surface area contributed by atoms with E-state index in [0.717, 1.165) is 25.3 Å². The Morgan fingerprint density at radius 1 is 1.23 bits per heavy atom. The van der Waals surface area contributed by atoms with E-state index >= 15 is 0 Å². The molecule has 0 radical (unpaired) electrons. The van der Waals surface area contributed by atoms with Gasteiger partial charge in [0.15, 0.2) is 0 Å². The molecule has 22 heavy (non-hydrogen) atoms. The van der Waals surface area contributed by atoms with Crippen molar-refractivity contribution >= 4 is 0 Å². The average molecular weight is 296 g/mol. The SMILES string of the molecule is Cc1ccccc1C1CNCCN1C(C)(N)c1ccccn1. The lowest BCUT2D eigenvalue weighted by atomic mass is 9.94. The molecule has 0 aliphatic carbocycles. The van der Waals surface area contributed by atoms with Crippen LogP contribution in [0, 0.1) is 6.92 Å². The highest BCUT2D eigenvalue weighted by Gasteiger charge is 2.38. The Hall–Kier alpha value is -1.75. The van der Waals surface area contributed by atoms with Crippen LogP contribution in [0.4, 0.5) is 0 Å². The first kappa shape index (κ1) is 15.2. The number of nitrogens with zero attached hydrogens (tertiary/aromatic N) is 2. The molecular formula is C18H24N4. The summed E-state index contributed by atoms with van der Waals surface area (Å²) >= 11 is 0. The van der Waals surface area contributed by atoms with Gasteiger partial charge in [0.05, 0.1) is 5.69 Å². The second-order valence-corrected chi connectivity index (χ2v) is 6.13. The zero-order valence-electron chi connectivity index (χ0n) is 13.3. The maximum Gasteiger partial charge on any atom is 0.110 e. The van der Waals surface area contributed by atoms with Crippen LogP contribution in [-0.4, -0.2) is 29.5 Å². The first-order valence-electron chi connectivity index (χ1n) is 7.84. The molecule has 1 aliphatic heterocycles. The number of pyridine rings is 1. The summed E-state index contributed by atoms with van der Waals surface area (Å²) in [6.45, 7) is 6.98. The average Bonchev–Trinajstić information content (AvgIpc) is 2.56. The maximum atomic E-state index is 6.73. The van der Waals surface area contributed by atoms with E-state index in [1.807, 2.05) is 24.4 Å². The molecule has 0 saturated carbocycles. The van der Waals surface area contributed by atoms with Crippen LogP contribution in [0.2, 0.25) is 0 Å². The van der Waals surface area contributed by atoms with E-state index in [9.17, 15) is 0 Å². The highest BCUT2D eigenvalue weighted by molar-refractivity contribution is 5.30. The molecule has 2 atom stereocenters. The van der Waals surface area contributed by atoms with Crippen molar-refractivity contribution in [1.29, 1.82) is 0 Å². The van der Waals surface area contributed by atoms with Crippen LogP contribution >= 0.6 is 0 Å². The summed E-state index contributed by atoms with van der Waals surface area (Å²) in [5, 5.41) is 3.50. The molecule has 1 saturated heterocycles. The molecule has 1 aliphatic rings. The second kappa shape index (κ2) is 6.16. The van der Waals surface area contributed by atoms with Gasteiger partial charge in [0.2, 0.25) is 0 Å². The van der Waals surface area contributed by atoms with Crippen molar-refractivity contribution in [3.8, 4) is 0 Å². The van der Waals surface area contributed by atoms with Crippen LogP contribution in [-0.2, 0) is 5.66 Å². The second-order valence-electron chi connectivity index (χ2n) is 6.13. The van der Waals surface area contributed by atoms with Gasteiger partial charge < -0.3 is 11.1 Å². The van der Waals surface area contributed by atoms with Crippen molar-refractivity contribution < 1.29 is 0 Å². The monoisotopic (exact) mass is 296 g/mol. The van der Waals surface area contributed by atoms with Crippen LogP contribution in [0.25, 0.3) is 0 Å². The number of hydrogen-bond acceptors (Lipinski definition) is 4. The third-order valence-corrected chi connectivity index (χ3v) is 4.57. The summed E-state index contributed by atoms with van der Waals surface area (Å²) in [5.41, 5.74) is 9.69. The van der Waals surface area contributed by atoms with Crippen molar-refractivity contribution in [1.82, 2.24) is 15.2 Å². The van der Waals surface area contributed by atoms with E-state index in [4.69, 9.17) is 5.73 Å². The molecule has 4 heteroatoms. The first-order valence-corrected chi connectivity index (χ1v) is 7.84. The topological polar surface area (TPSA) is 54.2 Å². The summed E-state index contributed by atoms with van der Waals surface area (Å²) in [4.78, 5) is 6.86. The van der Waals surface area contributed by atoms with Crippen molar-refractivity contribution in [2.45, 2.75) is 25.6 Å². The molecular weight excluding hydrogens is 272 g/mol. The summed E-state index contributed by atoms with van der Waals surface area (Å²) in [5.74, 6) is 0. The number of piperazine rings is 1. The summed E-state index contributed by atoms with van der Waals surface area (Å²) in [6.07, 6.45) is 1.81. The van der Waals surface area contributed by atoms with Crippen LogP contribution < -0.4 is 11.1 Å². The molecule has 1 aromatic carbocycles. The molecule has 1 aromatic heterocycles. The molecule has 2 unspecified atom stereocenters. The van der Waals surface area contributed by atoms with Crippen LogP contribution in [0.5, 0.6) is 0 Å². The predicted octanol–water partition coefficient (Wildman–Crippen LogP) is 2.17. The lowest BCUT2D eigenvalue weighted by Gasteiger charge is -2.46. The van der Waals surface area contributed by atoms with Crippen molar-refractivity contribution in [3.05, 3.63) is 65.5 Å². The van der Waals surface area contributed by atoms with Crippen LogP contribution in [0.1, 0.15) is 29.8 Å². The zero-order chi connectivity index (χ0) is 15.6. The van der Waals surface area contributed by atoms with Crippen LogP contribution in [0.15, 0.2) is 48.7 Å². The fourth-order valence-electron chi connectivity index (χ4n) is 3.31. The lowest BCUT2D eigenvalue weighted by molar-refractivity contribution is 0.0341. The van der Waals surface area contributed by atoms with E-state index < -0.39 is 5.66 Å². The highest BCUT2D eigenvalue weighted by atomic mass is 15.3. The minimum absolute atomic E-state index is 0.256. The molecule has 3 rings (SSSR count). The lowest BCUT2D eigenvalue weighted by Crippen LogP contribution is -2.59. The van der Waals surface area contributed by atoms with Gasteiger partial charge in [-0.25, -0.2) is 0 Å². The molecule has 0 bridgehead atoms. The molecule has 0 amide bonds. The summed E-state index contributed by atoms with van der Waals surface area (Å²) in [6, 6.07) is 14.7. The Labute approximate surface area is 132 Å². The van der Waals surface area contributed by atoms with Crippen molar-refractivity contribution in [2.75, 3.05) is 19.6 Å². The Kier molecular flexibility index (Phi) is 4.25. The van der Waals surface area contributed by atoms with Crippen LogP contribution in [0.3, 0.4) is 0 Å². The Bertz CT molecular complexity index is 624. The van der Waals surface area contributed by atoms with Gasteiger partial charge in [0.1, 0.15) is 5.66 Å². The molecule has 2 heterocycles. The third kappa shape index (κ3) is 2.77. The standard InChI is InChI=1S/C18H24N4/c1-14-7-3-4-8-15(14)16-13-20-11-12-22(16)18(2,19)17-9-5-6-10-21-17/h3-10,16,20H,11-13,19H2,1-2H3. The van der Waals surface area contributed by atoms with Gasteiger partial charge in [-0.2, -0.15) is 0 Å². The minimum Gasteiger partial charge on any atom is -0.314 e. The fraction of sp³-hybridized carbons (Fsp3) is 0.389. The largest absolute Gasteiger partial charge is 0.314 e. The molecule has 1 fully saturated rings. The molecule has 4 nitrogen and oxygen atoms in total. The molecule has 116 valence electrons. The maximum absolute atomic E-state index is 6.73. The van der Waals surface area contributed by atoms with E-state index in [1.54, 1.807) is 0 Å². The normalized spacial score (nSPS) is 22.2. The number of nitrogens with two attached hydrogens (primary N) is 1. The first-order chi connectivity index (χ1) is 10.6. The highest BCUT2D eigenvalue weighted by Crippen LogP contribution is 2.33. The molecule has 0 spiro atoms. The van der Waals surface area contributed by atoms with Gasteiger partial charge in [-0.1, -0.05) is 30.3 Å². The predicted molar refractivity (Wildman–Crippen MR) is 89.3 cm³/mol. The Morgan fingerprint density at radius 2 is 2.00 bits per heavy atom. The zero-order valence-corrected chi connectivity index (χ0v) is 13.3. The smallest absolute Gasteiger partial charge is 0.110 e. The quantitative estimate of drug-likeness (QED) is 0.911. The number of hydrogen-bond donors (Lipinski definition) is 2. The number of rotatable bonds is 3. The van der Waals surface area contributed by atoms with E-state index in [2.05, 4.69) is 53.3 Å². The summed E-state index contributed by atoms with van der Waals surface area (Å²) in [7, 11) is 0. The van der Waals surface area contributed by atoms with E-state index in [0.29, 0.717) is 0 Å². The van der Waals surface area contributed by atoms with E-state index in [-0.39, 0.29) is 6.04 Å². The Balaban J connectivity index is 1.98. The minimum atomic E-state index is -0.587. The number of nitrogens with one attached hydrogen (secondary N) is 1. The van der Waals surface area contributed by atoms with Gasteiger partial charge in [-0.05, 0) is 37.1 Å². The van der Waals surface area contributed by atoms with Gasteiger partial charge in [-0.3, -0.25) is 9.88 Å². The molecule has 3 N–H and O–H groups in total. The van der Waals surface area contributed by atoms with Gasteiger partial charge in [0, 0.05) is 31.9 Å². The number of aromatic nitrogens is 1.